The van der Waals surface area contributed by atoms with Gasteiger partial charge in [0.05, 0.1) is 0 Å². The second-order valence-corrected chi connectivity index (χ2v) is 3.32. The summed E-state index contributed by atoms with van der Waals surface area (Å²) < 4.78 is 0. The van der Waals surface area contributed by atoms with Gasteiger partial charge < -0.3 is 4.90 Å². The molecule has 0 radical (unpaired) electrons. The molecule has 0 aromatic heterocycles. The molecule has 0 aliphatic carbocycles. The minimum absolute atomic E-state index is 0.0196. The lowest BCUT2D eigenvalue weighted by molar-refractivity contribution is -0.124. The summed E-state index contributed by atoms with van der Waals surface area (Å²) >= 11 is 0. The number of hydrogen-bond acceptors (Lipinski definition) is 1. The molecule has 2 nitrogen and oxygen atoms in total. The largest absolute Gasteiger partial charge is 0.339 e. The molecule has 0 atom stereocenters. The Hall–Kier alpha value is -1.57. The van der Waals surface area contributed by atoms with Crippen LogP contribution in [0.3, 0.4) is 0 Å². The van der Waals surface area contributed by atoms with E-state index in [-0.39, 0.29) is 5.91 Å². The lowest BCUT2D eigenvalue weighted by Gasteiger charge is -2.19. The molecule has 0 fully saturated rings. The molecule has 1 amide bonds. The summed E-state index contributed by atoms with van der Waals surface area (Å²) in [6.07, 6.45) is 0. The number of nitrogens with zero attached hydrogens (tertiary/aromatic N) is 1. The van der Waals surface area contributed by atoms with E-state index in [1.165, 1.54) is 0 Å². The molecule has 80 valence electrons. The SMILES string of the molecule is C=C(C(=O)N(CC)CC)c1ccccc1. The predicted molar refractivity (Wildman–Crippen MR) is 63.4 cm³/mol. The monoisotopic (exact) mass is 203 g/mol. The first-order valence-electron chi connectivity index (χ1n) is 5.24. The van der Waals surface area contributed by atoms with E-state index in [9.17, 15) is 4.79 Å². The Morgan fingerprint density at radius 1 is 1.20 bits per heavy atom. The maximum atomic E-state index is 11.9. The van der Waals surface area contributed by atoms with Gasteiger partial charge in [0.2, 0.25) is 0 Å². The second-order valence-electron chi connectivity index (χ2n) is 3.32. The molecule has 0 aliphatic heterocycles. The third-order valence-corrected chi connectivity index (χ3v) is 2.43. The predicted octanol–water partition coefficient (Wildman–Crippen LogP) is 2.57. The van der Waals surface area contributed by atoms with Crippen molar-refractivity contribution >= 4 is 11.5 Å². The molecule has 0 heterocycles. The van der Waals surface area contributed by atoms with Crippen LogP contribution in [0.1, 0.15) is 19.4 Å². The number of likely N-dealkylation sites (N-methyl/N-ethyl adjacent to an activating group) is 1. The van der Waals surface area contributed by atoms with Crippen LogP contribution in [0.5, 0.6) is 0 Å². The average molecular weight is 203 g/mol. The van der Waals surface area contributed by atoms with Crippen molar-refractivity contribution in [2.24, 2.45) is 0 Å². The second kappa shape index (κ2) is 5.35. The third-order valence-electron chi connectivity index (χ3n) is 2.43. The van der Waals surface area contributed by atoms with E-state index in [0.717, 1.165) is 18.7 Å². The fourth-order valence-electron chi connectivity index (χ4n) is 1.46. The van der Waals surface area contributed by atoms with Crippen LogP contribution in [0, 0.1) is 0 Å². The molecule has 0 saturated carbocycles. The number of carbonyl (C=O) groups is 1. The average Bonchev–Trinajstić information content (AvgIpc) is 2.30. The topological polar surface area (TPSA) is 20.3 Å². The Morgan fingerprint density at radius 3 is 2.20 bits per heavy atom. The van der Waals surface area contributed by atoms with Gasteiger partial charge in [-0.25, -0.2) is 0 Å². The molecule has 1 aromatic rings. The molecule has 0 saturated heterocycles. The zero-order valence-electron chi connectivity index (χ0n) is 9.36. The van der Waals surface area contributed by atoms with E-state index in [0.29, 0.717) is 5.57 Å². The summed E-state index contributed by atoms with van der Waals surface area (Å²) in [5.74, 6) is 0.0196. The van der Waals surface area contributed by atoms with Gasteiger partial charge in [-0.15, -0.1) is 0 Å². The Bertz CT molecular complexity index is 339. The third kappa shape index (κ3) is 2.69. The van der Waals surface area contributed by atoms with Crippen molar-refractivity contribution in [3.8, 4) is 0 Å². The van der Waals surface area contributed by atoms with Crippen LogP contribution < -0.4 is 0 Å². The smallest absolute Gasteiger partial charge is 0.253 e. The highest BCUT2D eigenvalue weighted by molar-refractivity contribution is 6.18. The first-order valence-corrected chi connectivity index (χ1v) is 5.24. The summed E-state index contributed by atoms with van der Waals surface area (Å²) in [4.78, 5) is 13.7. The Morgan fingerprint density at radius 2 is 1.73 bits per heavy atom. The summed E-state index contributed by atoms with van der Waals surface area (Å²) in [6, 6.07) is 9.57. The Kier molecular flexibility index (Phi) is 4.10. The van der Waals surface area contributed by atoms with Crippen LogP contribution in [0.15, 0.2) is 36.9 Å². The Balaban J connectivity index is 2.82. The zero-order chi connectivity index (χ0) is 11.3. The number of carbonyl (C=O) groups excluding carboxylic acids is 1. The summed E-state index contributed by atoms with van der Waals surface area (Å²) in [5, 5.41) is 0. The first-order chi connectivity index (χ1) is 7.20. The van der Waals surface area contributed by atoms with Gasteiger partial charge in [0, 0.05) is 18.7 Å². The molecule has 0 bridgehead atoms. The van der Waals surface area contributed by atoms with Crippen LogP contribution >= 0.6 is 0 Å². The van der Waals surface area contributed by atoms with Crippen LogP contribution in [-0.2, 0) is 4.79 Å². The maximum absolute atomic E-state index is 11.9. The summed E-state index contributed by atoms with van der Waals surface area (Å²) in [5.41, 5.74) is 1.47. The Labute approximate surface area is 91.2 Å². The highest BCUT2D eigenvalue weighted by Crippen LogP contribution is 2.14. The molecule has 1 aromatic carbocycles. The van der Waals surface area contributed by atoms with Crippen LogP contribution in [0.25, 0.3) is 5.57 Å². The van der Waals surface area contributed by atoms with E-state index >= 15 is 0 Å². The normalized spacial score (nSPS) is 9.73. The van der Waals surface area contributed by atoms with E-state index in [1.807, 2.05) is 44.2 Å². The minimum atomic E-state index is 0.0196. The van der Waals surface area contributed by atoms with E-state index < -0.39 is 0 Å². The molecule has 0 N–H and O–H groups in total. The van der Waals surface area contributed by atoms with Gasteiger partial charge >= 0.3 is 0 Å². The van der Waals surface area contributed by atoms with Gasteiger partial charge in [-0.3, -0.25) is 4.79 Å². The zero-order valence-corrected chi connectivity index (χ0v) is 9.36. The van der Waals surface area contributed by atoms with Gasteiger partial charge in [-0.1, -0.05) is 36.9 Å². The van der Waals surface area contributed by atoms with E-state index in [4.69, 9.17) is 0 Å². The molecule has 15 heavy (non-hydrogen) atoms. The van der Waals surface area contributed by atoms with Gasteiger partial charge in [0.15, 0.2) is 0 Å². The standard InChI is InChI=1S/C13H17NO/c1-4-14(5-2)13(15)11(3)12-9-7-6-8-10-12/h6-10H,3-5H2,1-2H3. The molecule has 0 spiro atoms. The van der Waals surface area contributed by atoms with Gasteiger partial charge in [-0.05, 0) is 19.4 Å². The fourth-order valence-corrected chi connectivity index (χ4v) is 1.46. The highest BCUT2D eigenvalue weighted by Gasteiger charge is 2.14. The molecule has 1 rings (SSSR count). The van der Waals surface area contributed by atoms with Crippen molar-refractivity contribution in [3.63, 3.8) is 0 Å². The van der Waals surface area contributed by atoms with Crippen LogP contribution in [0.2, 0.25) is 0 Å². The number of rotatable bonds is 4. The lowest BCUT2D eigenvalue weighted by Crippen LogP contribution is -2.30. The molecule has 2 heteroatoms. The highest BCUT2D eigenvalue weighted by atomic mass is 16.2. The molecular weight excluding hydrogens is 186 g/mol. The van der Waals surface area contributed by atoms with Crippen molar-refractivity contribution < 1.29 is 4.79 Å². The summed E-state index contributed by atoms with van der Waals surface area (Å²) in [7, 11) is 0. The number of benzene rings is 1. The van der Waals surface area contributed by atoms with E-state index in [2.05, 4.69) is 6.58 Å². The number of hydrogen-bond donors (Lipinski definition) is 0. The first kappa shape index (κ1) is 11.5. The van der Waals surface area contributed by atoms with Crippen LogP contribution in [0.4, 0.5) is 0 Å². The minimum Gasteiger partial charge on any atom is -0.339 e. The van der Waals surface area contributed by atoms with Gasteiger partial charge in [0.25, 0.3) is 5.91 Å². The van der Waals surface area contributed by atoms with Gasteiger partial charge in [-0.2, -0.15) is 0 Å². The van der Waals surface area contributed by atoms with Crippen molar-refractivity contribution in [1.82, 2.24) is 4.90 Å². The lowest BCUT2D eigenvalue weighted by atomic mass is 10.1. The van der Waals surface area contributed by atoms with Crippen molar-refractivity contribution in [2.75, 3.05) is 13.1 Å². The fraction of sp³-hybridized carbons (Fsp3) is 0.308. The maximum Gasteiger partial charge on any atom is 0.253 e. The molecule has 0 unspecified atom stereocenters. The van der Waals surface area contributed by atoms with Crippen molar-refractivity contribution in [2.45, 2.75) is 13.8 Å². The van der Waals surface area contributed by atoms with Gasteiger partial charge in [0.1, 0.15) is 0 Å². The molecular formula is C13H17NO. The van der Waals surface area contributed by atoms with Crippen molar-refractivity contribution in [3.05, 3.63) is 42.5 Å². The van der Waals surface area contributed by atoms with Crippen molar-refractivity contribution in [1.29, 1.82) is 0 Å². The van der Waals surface area contributed by atoms with Crippen LogP contribution in [-0.4, -0.2) is 23.9 Å². The quantitative estimate of drug-likeness (QED) is 0.689. The van der Waals surface area contributed by atoms with E-state index in [1.54, 1.807) is 4.90 Å². The molecule has 0 aliphatic rings. The summed E-state index contributed by atoms with van der Waals surface area (Å²) in [6.45, 7) is 9.24. The number of amides is 1.